The molecular weight excluding hydrogens is 256 g/mol. The molecule has 1 aromatic rings. The van der Waals surface area contributed by atoms with Gasteiger partial charge in [-0.25, -0.2) is 0 Å². The van der Waals surface area contributed by atoms with Crippen LogP contribution in [0.5, 0.6) is 5.75 Å². The van der Waals surface area contributed by atoms with Gasteiger partial charge in [-0.1, -0.05) is 12.1 Å². The van der Waals surface area contributed by atoms with E-state index in [9.17, 15) is 9.90 Å². The third-order valence-electron chi connectivity index (χ3n) is 3.57. The molecule has 110 valence electrons. The molecule has 0 spiro atoms. The highest BCUT2D eigenvalue weighted by atomic mass is 16.5. The Morgan fingerprint density at radius 3 is 2.70 bits per heavy atom. The fraction of sp³-hybridized carbons (Fsp3) is 0.533. The number of ether oxygens (including phenoxy) is 1. The number of nitrogens with one attached hydrogen (secondary N) is 1. The molecule has 1 saturated carbocycles. The van der Waals surface area contributed by atoms with E-state index in [1.54, 1.807) is 24.3 Å². The second-order valence-electron chi connectivity index (χ2n) is 5.23. The van der Waals surface area contributed by atoms with Crippen LogP contribution in [0, 0.1) is 0 Å². The molecule has 0 aromatic heterocycles. The summed E-state index contributed by atoms with van der Waals surface area (Å²) in [6, 6.07) is 6.36. The molecule has 1 aromatic carbocycles. The van der Waals surface area contributed by atoms with Gasteiger partial charge in [0.25, 0.3) is 0 Å². The maximum absolute atomic E-state index is 12.0. The van der Waals surface area contributed by atoms with Crippen molar-refractivity contribution in [3.63, 3.8) is 0 Å². The third-order valence-corrected chi connectivity index (χ3v) is 3.57. The van der Waals surface area contributed by atoms with Gasteiger partial charge in [0, 0.05) is 12.6 Å². The average Bonchev–Trinajstić information content (AvgIpc) is 2.39. The SMILES string of the molecule is CCOC1CC(NC(=O)[C@H](N)Cc2ccc(O)cc2)C1. The van der Waals surface area contributed by atoms with E-state index < -0.39 is 6.04 Å². The number of phenolic OH excluding ortho intramolecular Hbond substituents is 1. The Kier molecular flexibility index (Phi) is 4.98. The van der Waals surface area contributed by atoms with E-state index in [-0.39, 0.29) is 23.8 Å². The maximum Gasteiger partial charge on any atom is 0.237 e. The van der Waals surface area contributed by atoms with E-state index in [1.165, 1.54) is 0 Å². The van der Waals surface area contributed by atoms with Crippen LogP contribution in [0.2, 0.25) is 0 Å². The maximum atomic E-state index is 12.0. The highest BCUT2D eigenvalue weighted by Crippen LogP contribution is 2.23. The molecule has 5 nitrogen and oxygen atoms in total. The molecule has 0 unspecified atom stereocenters. The van der Waals surface area contributed by atoms with Crippen molar-refractivity contribution >= 4 is 5.91 Å². The normalized spacial score (nSPS) is 22.9. The quantitative estimate of drug-likeness (QED) is 0.723. The minimum atomic E-state index is -0.564. The van der Waals surface area contributed by atoms with Crippen LogP contribution in [-0.4, -0.2) is 35.8 Å². The number of hydrogen-bond acceptors (Lipinski definition) is 4. The predicted octanol–water partition coefficient (Wildman–Crippen LogP) is 0.946. The first-order chi connectivity index (χ1) is 9.58. The lowest BCUT2D eigenvalue weighted by molar-refractivity contribution is -0.124. The van der Waals surface area contributed by atoms with E-state index in [2.05, 4.69) is 5.32 Å². The molecule has 1 amide bonds. The van der Waals surface area contributed by atoms with E-state index in [4.69, 9.17) is 10.5 Å². The van der Waals surface area contributed by atoms with Crippen molar-refractivity contribution in [3.05, 3.63) is 29.8 Å². The Morgan fingerprint density at radius 1 is 1.45 bits per heavy atom. The fourth-order valence-corrected chi connectivity index (χ4v) is 2.34. The number of carbonyl (C=O) groups excluding carboxylic acids is 1. The molecule has 0 radical (unpaired) electrons. The Morgan fingerprint density at radius 2 is 2.10 bits per heavy atom. The summed E-state index contributed by atoms with van der Waals surface area (Å²) < 4.78 is 5.45. The molecule has 1 atom stereocenters. The van der Waals surface area contributed by atoms with Crippen molar-refractivity contribution in [2.24, 2.45) is 5.73 Å². The summed E-state index contributed by atoms with van der Waals surface area (Å²) in [6.07, 6.45) is 2.48. The van der Waals surface area contributed by atoms with Gasteiger partial charge in [0.05, 0.1) is 12.1 Å². The third kappa shape index (κ3) is 3.95. The molecule has 1 fully saturated rings. The van der Waals surface area contributed by atoms with Gasteiger partial charge < -0.3 is 20.9 Å². The van der Waals surface area contributed by atoms with Crippen LogP contribution in [0.15, 0.2) is 24.3 Å². The molecule has 0 bridgehead atoms. The summed E-state index contributed by atoms with van der Waals surface area (Å²) in [5.41, 5.74) is 6.84. The molecule has 0 saturated heterocycles. The zero-order valence-electron chi connectivity index (χ0n) is 11.7. The Bertz CT molecular complexity index is 441. The number of carbonyl (C=O) groups is 1. The van der Waals surface area contributed by atoms with Crippen LogP contribution in [0.1, 0.15) is 25.3 Å². The van der Waals surface area contributed by atoms with Gasteiger partial charge in [-0.15, -0.1) is 0 Å². The van der Waals surface area contributed by atoms with Gasteiger partial charge in [0.15, 0.2) is 0 Å². The standard InChI is InChI=1S/C15H22N2O3/c1-2-20-13-8-11(9-13)17-15(19)14(16)7-10-3-5-12(18)6-4-10/h3-6,11,13-14,18H,2,7-9,16H2,1H3,(H,17,19)/t11?,13?,14-/m1/s1. The molecule has 1 aliphatic carbocycles. The van der Waals surface area contributed by atoms with Gasteiger partial charge in [0.1, 0.15) is 5.75 Å². The monoisotopic (exact) mass is 278 g/mol. The number of rotatable bonds is 6. The largest absolute Gasteiger partial charge is 0.508 e. The highest BCUT2D eigenvalue weighted by Gasteiger charge is 2.31. The molecule has 20 heavy (non-hydrogen) atoms. The minimum Gasteiger partial charge on any atom is -0.508 e. The summed E-state index contributed by atoms with van der Waals surface area (Å²) in [5, 5.41) is 12.1. The van der Waals surface area contributed by atoms with Crippen molar-refractivity contribution in [1.82, 2.24) is 5.32 Å². The van der Waals surface area contributed by atoms with Crippen LogP contribution in [0.3, 0.4) is 0 Å². The van der Waals surface area contributed by atoms with Crippen LogP contribution >= 0.6 is 0 Å². The molecule has 0 aliphatic heterocycles. The lowest BCUT2D eigenvalue weighted by Crippen LogP contribution is -2.52. The summed E-state index contributed by atoms with van der Waals surface area (Å²) in [4.78, 5) is 12.0. The smallest absolute Gasteiger partial charge is 0.237 e. The van der Waals surface area contributed by atoms with Gasteiger partial charge in [-0.3, -0.25) is 4.79 Å². The molecule has 1 aliphatic rings. The summed E-state index contributed by atoms with van der Waals surface area (Å²) in [5.74, 6) is 0.0845. The van der Waals surface area contributed by atoms with Crippen LogP contribution in [0.4, 0.5) is 0 Å². The second kappa shape index (κ2) is 6.72. The van der Waals surface area contributed by atoms with E-state index in [0.29, 0.717) is 13.0 Å². The van der Waals surface area contributed by atoms with E-state index in [1.807, 2.05) is 6.92 Å². The van der Waals surface area contributed by atoms with Crippen molar-refractivity contribution < 1.29 is 14.6 Å². The van der Waals surface area contributed by atoms with Crippen molar-refractivity contribution in [2.45, 2.75) is 44.4 Å². The van der Waals surface area contributed by atoms with Gasteiger partial charge in [-0.2, -0.15) is 0 Å². The van der Waals surface area contributed by atoms with Crippen molar-refractivity contribution in [3.8, 4) is 5.75 Å². The van der Waals surface area contributed by atoms with Crippen LogP contribution in [0.25, 0.3) is 0 Å². The molecule has 0 heterocycles. The average molecular weight is 278 g/mol. The first kappa shape index (κ1) is 14.8. The van der Waals surface area contributed by atoms with E-state index in [0.717, 1.165) is 18.4 Å². The highest BCUT2D eigenvalue weighted by molar-refractivity contribution is 5.82. The first-order valence-corrected chi connectivity index (χ1v) is 7.04. The van der Waals surface area contributed by atoms with E-state index >= 15 is 0 Å². The number of phenols is 1. The second-order valence-corrected chi connectivity index (χ2v) is 5.23. The van der Waals surface area contributed by atoms with Crippen LogP contribution < -0.4 is 11.1 Å². The summed E-state index contributed by atoms with van der Waals surface area (Å²) >= 11 is 0. The first-order valence-electron chi connectivity index (χ1n) is 7.04. The number of hydrogen-bond donors (Lipinski definition) is 3. The zero-order chi connectivity index (χ0) is 14.5. The zero-order valence-corrected chi connectivity index (χ0v) is 11.7. The summed E-state index contributed by atoms with van der Waals surface area (Å²) in [7, 11) is 0. The Labute approximate surface area is 119 Å². The molecular formula is C15H22N2O3. The van der Waals surface area contributed by atoms with Gasteiger partial charge >= 0.3 is 0 Å². The predicted molar refractivity (Wildman–Crippen MR) is 76.4 cm³/mol. The number of benzene rings is 1. The number of amides is 1. The number of nitrogens with two attached hydrogens (primary N) is 1. The Balaban J connectivity index is 1.74. The van der Waals surface area contributed by atoms with Crippen molar-refractivity contribution in [2.75, 3.05) is 6.61 Å². The number of aromatic hydroxyl groups is 1. The van der Waals surface area contributed by atoms with Crippen LogP contribution in [-0.2, 0) is 16.0 Å². The molecule has 5 heteroatoms. The lowest BCUT2D eigenvalue weighted by Gasteiger charge is -2.35. The Hall–Kier alpha value is -1.59. The van der Waals surface area contributed by atoms with Crippen molar-refractivity contribution in [1.29, 1.82) is 0 Å². The molecule has 2 rings (SSSR count). The fourth-order valence-electron chi connectivity index (χ4n) is 2.34. The topological polar surface area (TPSA) is 84.6 Å². The molecule has 4 N–H and O–H groups in total. The van der Waals surface area contributed by atoms with Gasteiger partial charge in [0.2, 0.25) is 5.91 Å². The lowest BCUT2D eigenvalue weighted by atomic mass is 9.89. The minimum absolute atomic E-state index is 0.127. The summed E-state index contributed by atoms with van der Waals surface area (Å²) in [6.45, 7) is 2.69. The van der Waals surface area contributed by atoms with Gasteiger partial charge in [-0.05, 0) is 43.9 Å².